The number of hydrogen-bond acceptors (Lipinski definition) is 2. The molecule has 0 amide bonds. The third-order valence-electron chi connectivity index (χ3n) is 1.65. The maximum absolute atomic E-state index is 8.59. The molecule has 2 nitrogen and oxygen atoms in total. The standard InChI is InChI=1S/C10H13IO2/c1-8-3-4-9(11)10(7-8)13-6-2-5-12/h3-4,7,12H,2,5-6H2,1H3. The Morgan fingerprint density at radius 2 is 2.23 bits per heavy atom. The molecule has 0 bridgehead atoms. The maximum atomic E-state index is 8.59. The minimum Gasteiger partial charge on any atom is -0.492 e. The molecular formula is C10H13IO2. The van der Waals surface area contributed by atoms with E-state index in [2.05, 4.69) is 28.7 Å². The highest BCUT2D eigenvalue weighted by atomic mass is 127. The molecule has 1 aromatic carbocycles. The summed E-state index contributed by atoms with van der Waals surface area (Å²) < 4.78 is 6.60. The molecule has 0 radical (unpaired) electrons. The van der Waals surface area contributed by atoms with E-state index in [0.717, 1.165) is 9.32 Å². The van der Waals surface area contributed by atoms with Gasteiger partial charge in [0.25, 0.3) is 0 Å². The molecule has 0 aliphatic heterocycles. The highest BCUT2D eigenvalue weighted by Crippen LogP contribution is 2.21. The van der Waals surface area contributed by atoms with Gasteiger partial charge >= 0.3 is 0 Å². The van der Waals surface area contributed by atoms with Gasteiger partial charge in [0, 0.05) is 13.0 Å². The number of aliphatic hydroxyl groups excluding tert-OH is 1. The Morgan fingerprint density at radius 3 is 2.92 bits per heavy atom. The smallest absolute Gasteiger partial charge is 0.132 e. The summed E-state index contributed by atoms with van der Waals surface area (Å²) in [4.78, 5) is 0. The normalized spacial score (nSPS) is 10.1. The Morgan fingerprint density at radius 1 is 1.46 bits per heavy atom. The van der Waals surface area contributed by atoms with Crippen molar-refractivity contribution in [3.8, 4) is 5.75 Å². The van der Waals surface area contributed by atoms with Crippen molar-refractivity contribution in [3.63, 3.8) is 0 Å². The van der Waals surface area contributed by atoms with E-state index in [-0.39, 0.29) is 6.61 Å². The van der Waals surface area contributed by atoms with Crippen LogP contribution in [0.5, 0.6) is 5.75 Å². The summed E-state index contributed by atoms with van der Waals surface area (Å²) in [5.41, 5.74) is 1.19. The number of aryl methyl sites for hydroxylation is 1. The van der Waals surface area contributed by atoms with Gasteiger partial charge in [-0.05, 0) is 47.2 Å². The number of ether oxygens (including phenoxy) is 1. The molecule has 13 heavy (non-hydrogen) atoms. The predicted octanol–water partition coefficient (Wildman–Crippen LogP) is 2.36. The molecule has 72 valence electrons. The second kappa shape index (κ2) is 5.44. The van der Waals surface area contributed by atoms with E-state index >= 15 is 0 Å². The van der Waals surface area contributed by atoms with Crippen molar-refractivity contribution < 1.29 is 9.84 Å². The summed E-state index contributed by atoms with van der Waals surface area (Å²) in [6.45, 7) is 2.80. The lowest BCUT2D eigenvalue weighted by atomic mass is 10.2. The van der Waals surface area contributed by atoms with Gasteiger partial charge in [0.15, 0.2) is 0 Å². The molecule has 0 saturated heterocycles. The number of rotatable bonds is 4. The molecule has 0 saturated carbocycles. The molecule has 1 rings (SSSR count). The number of benzene rings is 1. The second-order valence-electron chi connectivity index (χ2n) is 2.86. The Bertz CT molecular complexity index is 274. The summed E-state index contributed by atoms with van der Waals surface area (Å²) in [6.07, 6.45) is 0.685. The van der Waals surface area contributed by atoms with Crippen LogP contribution in [0.4, 0.5) is 0 Å². The van der Waals surface area contributed by atoms with Crippen LogP contribution in [-0.4, -0.2) is 18.3 Å². The maximum Gasteiger partial charge on any atom is 0.132 e. The summed E-state index contributed by atoms with van der Waals surface area (Å²) >= 11 is 2.24. The van der Waals surface area contributed by atoms with Gasteiger partial charge in [-0.15, -0.1) is 0 Å². The van der Waals surface area contributed by atoms with Gasteiger partial charge in [-0.1, -0.05) is 6.07 Å². The monoisotopic (exact) mass is 292 g/mol. The minimum absolute atomic E-state index is 0.183. The summed E-state index contributed by atoms with van der Waals surface area (Å²) in [6, 6.07) is 6.10. The highest BCUT2D eigenvalue weighted by molar-refractivity contribution is 14.1. The Labute approximate surface area is 92.1 Å². The van der Waals surface area contributed by atoms with Crippen LogP contribution in [0.15, 0.2) is 18.2 Å². The van der Waals surface area contributed by atoms with Gasteiger partial charge < -0.3 is 9.84 Å². The molecule has 0 aliphatic rings. The van der Waals surface area contributed by atoms with Crippen molar-refractivity contribution in [1.82, 2.24) is 0 Å². The van der Waals surface area contributed by atoms with Crippen LogP contribution in [-0.2, 0) is 0 Å². The molecule has 3 heteroatoms. The van der Waals surface area contributed by atoms with Gasteiger partial charge in [0.2, 0.25) is 0 Å². The van der Waals surface area contributed by atoms with Crippen molar-refractivity contribution >= 4 is 22.6 Å². The molecule has 0 spiro atoms. The van der Waals surface area contributed by atoms with E-state index in [1.165, 1.54) is 5.56 Å². The molecule has 0 fully saturated rings. The van der Waals surface area contributed by atoms with E-state index in [0.29, 0.717) is 13.0 Å². The van der Waals surface area contributed by atoms with Gasteiger partial charge in [-0.3, -0.25) is 0 Å². The molecule has 1 aromatic rings. The first-order chi connectivity index (χ1) is 6.24. The van der Waals surface area contributed by atoms with Crippen LogP contribution < -0.4 is 4.74 Å². The van der Waals surface area contributed by atoms with Crippen molar-refractivity contribution in [1.29, 1.82) is 0 Å². The fourth-order valence-corrected chi connectivity index (χ4v) is 1.46. The average Bonchev–Trinajstić information content (AvgIpc) is 2.11. The van der Waals surface area contributed by atoms with Crippen molar-refractivity contribution in [3.05, 3.63) is 27.3 Å². The third kappa shape index (κ3) is 3.52. The first-order valence-corrected chi connectivity index (χ1v) is 5.31. The van der Waals surface area contributed by atoms with Crippen molar-refractivity contribution in [2.45, 2.75) is 13.3 Å². The number of hydrogen-bond donors (Lipinski definition) is 1. The topological polar surface area (TPSA) is 29.5 Å². The first-order valence-electron chi connectivity index (χ1n) is 4.24. The molecule has 0 unspecified atom stereocenters. The third-order valence-corrected chi connectivity index (χ3v) is 2.54. The summed E-state index contributed by atoms with van der Waals surface area (Å²) in [5.74, 6) is 0.911. The molecule has 0 atom stereocenters. The van der Waals surface area contributed by atoms with E-state index in [1.807, 2.05) is 19.1 Å². The van der Waals surface area contributed by atoms with Crippen molar-refractivity contribution in [2.24, 2.45) is 0 Å². The SMILES string of the molecule is Cc1ccc(I)c(OCCCO)c1. The zero-order valence-corrected chi connectivity index (χ0v) is 9.74. The van der Waals surface area contributed by atoms with Gasteiger partial charge in [-0.2, -0.15) is 0 Å². The predicted molar refractivity (Wildman–Crippen MR) is 61.1 cm³/mol. The molecular weight excluding hydrogens is 279 g/mol. The van der Waals surface area contributed by atoms with Crippen LogP contribution >= 0.6 is 22.6 Å². The van der Waals surface area contributed by atoms with E-state index in [1.54, 1.807) is 0 Å². The van der Waals surface area contributed by atoms with Crippen LogP contribution in [0.1, 0.15) is 12.0 Å². The average molecular weight is 292 g/mol. The van der Waals surface area contributed by atoms with Crippen LogP contribution in [0.2, 0.25) is 0 Å². The zero-order chi connectivity index (χ0) is 9.68. The fourth-order valence-electron chi connectivity index (χ4n) is 0.968. The highest BCUT2D eigenvalue weighted by Gasteiger charge is 1.99. The Hall–Kier alpha value is -0.290. The van der Waals surface area contributed by atoms with Crippen LogP contribution in [0, 0.1) is 10.5 Å². The van der Waals surface area contributed by atoms with Gasteiger partial charge in [0.1, 0.15) is 5.75 Å². The lowest BCUT2D eigenvalue weighted by molar-refractivity contribution is 0.233. The van der Waals surface area contributed by atoms with Crippen LogP contribution in [0.3, 0.4) is 0 Å². The fraction of sp³-hybridized carbons (Fsp3) is 0.400. The number of aliphatic hydroxyl groups is 1. The lowest BCUT2D eigenvalue weighted by Gasteiger charge is -2.07. The Balaban J connectivity index is 2.59. The number of halogens is 1. The summed E-state index contributed by atoms with van der Waals surface area (Å²) in [5, 5.41) is 8.59. The molecule has 1 N–H and O–H groups in total. The van der Waals surface area contributed by atoms with E-state index in [9.17, 15) is 0 Å². The second-order valence-corrected chi connectivity index (χ2v) is 4.02. The quantitative estimate of drug-likeness (QED) is 0.682. The molecule has 0 aliphatic carbocycles. The molecule has 0 heterocycles. The Kier molecular flexibility index (Phi) is 4.52. The lowest BCUT2D eigenvalue weighted by Crippen LogP contribution is -2.01. The van der Waals surface area contributed by atoms with Crippen LogP contribution in [0.25, 0.3) is 0 Å². The largest absolute Gasteiger partial charge is 0.492 e. The zero-order valence-electron chi connectivity index (χ0n) is 7.59. The van der Waals surface area contributed by atoms with Crippen molar-refractivity contribution in [2.75, 3.05) is 13.2 Å². The molecule has 0 aromatic heterocycles. The van der Waals surface area contributed by atoms with E-state index in [4.69, 9.17) is 9.84 Å². The van der Waals surface area contributed by atoms with E-state index < -0.39 is 0 Å². The summed E-state index contributed by atoms with van der Waals surface area (Å²) in [7, 11) is 0. The van der Waals surface area contributed by atoms with Gasteiger partial charge in [-0.25, -0.2) is 0 Å². The van der Waals surface area contributed by atoms with Gasteiger partial charge in [0.05, 0.1) is 10.2 Å². The first kappa shape index (κ1) is 10.8. The minimum atomic E-state index is 0.183.